The lowest BCUT2D eigenvalue weighted by Gasteiger charge is -2.39. The zero-order valence-electron chi connectivity index (χ0n) is 17.1. The number of amides is 1. The molecule has 7 nitrogen and oxygen atoms in total. The topological polar surface area (TPSA) is 75.4 Å². The van der Waals surface area contributed by atoms with E-state index in [0.29, 0.717) is 12.3 Å². The number of carbonyl (C=O) groups is 1. The van der Waals surface area contributed by atoms with Crippen molar-refractivity contribution in [3.05, 3.63) is 41.8 Å². The van der Waals surface area contributed by atoms with E-state index in [1.54, 1.807) is 12.4 Å². The van der Waals surface area contributed by atoms with Crippen LogP contribution >= 0.6 is 0 Å². The Bertz CT molecular complexity index is 855. The van der Waals surface area contributed by atoms with Gasteiger partial charge in [-0.1, -0.05) is 17.6 Å². The quantitative estimate of drug-likeness (QED) is 0.792. The molecule has 0 radical (unpaired) electrons. The van der Waals surface area contributed by atoms with Gasteiger partial charge in [0, 0.05) is 37.9 Å². The molecule has 0 bridgehead atoms. The summed E-state index contributed by atoms with van der Waals surface area (Å²) in [5, 5.41) is 4.32. The summed E-state index contributed by atoms with van der Waals surface area (Å²) in [5.41, 5.74) is 1.24. The average Bonchev–Trinajstić information content (AvgIpc) is 3.27. The minimum atomic E-state index is 0.207. The minimum Gasteiger partial charge on any atom is -0.342 e. The number of hydrogen-bond donors (Lipinski definition) is 0. The van der Waals surface area contributed by atoms with Crippen LogP contribution in [0, 0.1) is 5.41 Å². The van der Waals surface area contributed by atoms with Crippen LogP contribution in [0.5, 0.6) is 0 Å². The number of piperidine rings is 1. The Morgan fingerprint density at radius 1 is 1.31 bits per heavy atom. The molecule has 5 rings (SSSR count). The number of likely N-dealkylation sites (tertiary alicyclic amines) is 2. The standard InChI is InChI=1S/C22H29N5O2/c1-26-15-22(13-18(26)20-24-21(29-25-20)17-5-2-6-17)7-10-27(11-8-22)19(28)12-16-4-3-9-23-14-16/h3-4,9,14,17-18H,2,5-8,10-13,15H2,1H3. The molecule has 2 aromatic rings. The van der Waals surface area contributed by atoms with Gasteiger partial charge in [-0.15, -0.1) is 0 Å². The number of hydrogen-bond acceptors (Lipinski definition) is 6. The summed E-state index contributed by atoms with van der Waals surface area (Å²) >= 11 is 0. The van der Waals surface area contributed by atoms with Gasteiger partial charge in [-0.2, -0.15) is 4.98 Å². The van der Waals surface area contributed by atoms with Gasteiger partial charge in [0.1, 0.15) is 0 Å². The van der Waals surface area contributed by atoms with Crippen LogP contribution in [-0.4, -0.2) is 57.5 Å². The summed E-state index contributed by atoms with van der Waals surface area (Å²) in [7, 11) is 2.17. The molecule has 1 atom stereocenters. The molecule has 4 heterocycles. The Morgan fingerprint density at radius 2 is 2.14 bits per heavy atom. The zero-order chi connectivity index (χ0) is 19.8. The average molecular weight is 396 g/mol. The predicted octanol–water partition coefficient (Wildman–Crippen LogP) is 2.96. The molecule has 3 aliphatic rings. The van der Waals surface area contributed by atoms with Crippen LogP contribution in [0.4, 0.5) is 0 Å². The molecule has 154 valence electrons. The first-order chi connectivity index (χ1) is 14.1. The van der Waals surface area contributed by atoms with Crippen molar-refractivity contribution in [3.63, 3.8) is 0 Å². The smallest absolute Gasteiger partial charge is 0.229 e. The molecule has 1 saturated carbocycles. The fourth-order valence-electron chi connectivity index (χ4n) is 5.14. The van der Waals surface area contributed by atoms with Gasteiger partial charge in [0.25, 0.3) is 0 Å². The maximum absolute atomic E-state index is 12.7. The Balaban J connectivity index is 1.19. The van der Waals surface area contributed by atoms with E-state index in [1.165, 1.54) is 19.3 Å². The highest BCUT2D eigenvalue weighted by Gasteiger charge is 2.46. The summed E-state index contributed by atoms with van der Waals surface area (Å²) in [4.78, 5) is 25.9. The second-order valence-corrected chi connectivity index (χ2v) is 9.17. The van der Waals surface area contributed by atoms with Gasteiger partial charge in [0.15, 0.2) is 5.82 Å². The summed E-state index contributed by atoms with van der Waals surface area (Å²) in [6.45, 7) is 2.70. The fraction of sp³-hybridized carbons (Fsp3) is 0.636. The first-order valence-electron chi connectivity index (χ1n) is 10.8. The van der Waals surface area contributed by atoms with E-state index in [9.17, 15) is 4.79 Å². The molecule has 29 heavy (non-hydrogen) atoms. The Hall–Kier alpha value is -2.28. The molecule has 2 aromatic heterocycles. The molecule has 2 aliphatic heterocycles. The van der Waals surface area contributed by atoms with Crippen molar-refractivity contribution < 1.29 is 9.32 Å². The SMILES string of the molecule is CN1CC2(CCN(C(=O)Cc3cccnc3)CC2)CC1c1noc(C2CCC2)n1. The molecule has 1 amide bonds. The van der Waals surface area contributed by atoms with E-state index in [2.05, 4.69) is 22.1 Å². The summed E-state index contributed by atoms with van der Waals surface area (Å²) in [6, 6.07) is 4.08. The van der Waals surface area contributed by atoms with Gasteiger partial charge < -0.3 is 9.42 Å². The molecule has 7 heteroatoms. The van der Waals surface area contributed by atoms with Crippen LogP contribution in [-0.2, 0) is 11.2 Å². The Labute approximate surface area is 171 Å². The summed E-state index contributed by atoms with van der Waals surface area (Å²) in [5.74, 6) is 2.36. The molecular weight excluding hydrogens is 366 g/mol. The van der Waals surface area contributed by atoms with Gasteiger partial charge >= 0.3 is 0 Å². The normalized spacial score (nSPS) is 24.7. The molecule has 1 aliphatic carbocycles. The largest absolute Gasteiger partial charge is 0.342 e. The van der Waals surface area contributed by atoms with Crippen LogP contribution < -0.4 is 0 Å². The van der Waals surface area contributed by atoms with Gasteiger partial charge in [0.05, 0.1) is 12.5 Å². The van der Waals surface area contributed by atoms with E-state index in [-0.39, 0.29) is 17.4 Å². The molecule has 1 unspecified atom stereocenters. The third kappa shape index (κ3) is 3.68. The highest BCUT2D eigenvalue weighted by atomic mass is 16.5. The monoisotopic (exact) mass is 395 g/mol. The van der Waals surface area contributed by atoms with E-state index in [1.807, 2.05) is 17.0 Å². The number of aromatic nitrogens is 3. The van der Waals surface area contributed by atoms with Crippen molar-refractivity contribution in [1.29, 1.82) is 0 Å². The third-order valence-corrected chi connectivity index (χ3v) is 7.21. The molecule has 3 fully saturated rings. The van der Waals surface area contributed by atoms with Crippen molar-refractivity contribution in [2.24, 2.45) is 5.41 Å². The molecular formula is C22H29N5O2. The van der Waals surface area contributed by atoms with Crippen molar-refractivity contribution in [2.45, 2.75) is 56.9 Å². The van der Waals surface area contributed by atoms with Crippen LogP contribution in [0.25, 0.3) is 0 Å². The number of nitrogens with zero attached hydrogens (tertiary/aromatic N) is 5. The first kappa shape index (κ1) is 18.7. The van der Waals surface area contributed by atoms with E-state index in [0.717, 1.165) is 56.2 Å². The van der Waals surface area contributed by atoms with Gasteiger partial charge in [-0.3, -0.25) is 14.7 Å². The van der Waals surface area contributed by atoms with Crippen LogP contribution in [0.1, 0.15) is 67.8 Å². The number of carbonyl (C=O) groups excluding carboxylic acids is 1. The lowest BCUT2D eigenvalue weighted by Crippen LogP contribution is -2.44. The maximum atomic E-state index is 12.7. The summed E-state index contributed by atoms with van der Waals surface area (Å²) < 4.78 is 5.56. The first-order valence-corrected chi connectivity index (χ1v) is 10.8. The predicted molar refractivity (Wildman–Crippen MR) is 107 cm³/mol. The third-order valence-electron chi connectivity index (χ3n) is 7.21. The zero-order valence-corrected chi connectivity index (χ0v) is 17.1. The fourth-order valence-corrected chi connectivity index (χ4v) is 5.14. The van der Waals surface area contributed by atoms with Crippen molar-refractivity contribution in [2.75, 3.05) is 26.7 Å². The molecule has 2 saturated heterocycles. The highest BCUT2D eigenvalue weighted by molar-refractivity contribution is 5.78. The highest BCUT2D eigenvalue weighted by Crippen LogP contribution is 2.48. The van der Waals surface area contributed by atoms with Gasteiger partial charge in [-0.05, 0) is 56.2 Å². The lowest BCUT2D eigenvalue weighted by molar-refractivity contribution is -0.132. The maximum Gasteiger partial charge on any atom is 0.229 e. The Morgan fingerprint density at radius 3 is 2.83 bits per heavy atom. The minimum absolute atomic E-state index is 0.207. The van der Waals surface area contributed by atoms with Crippen molar-refractivity contribution in [1.82, 2.24) is 24.9 Å². The second-order valence-electron chi connectivity index (χ2n) is 9.17. The Kier molecular flexibility index (Phi) is 4.86. The molecule has 0 N–H and O–H groups in total. The molecule has 1 spiro atoms. The van der Waals surface area contributed by atoms with Gasteiger partial charge in [0.2, 0.25) is 11.8 Å². The van der Waals surface area contributed by atoms with Crippen molar-refractivity contribution >= 4 is 5.91 Å². The number of pyridine rings is 1. The van der Waals surface area contributed by atoms with E-state index in [4.69, 9.17) is 9.51 Å². The molecule has 0 aromatic carbocycles. The summed E-state index contributed by atoms with van der Waals surface area (Å²) in [6.07, 6.45) is 10.7. The second kappa shape index (κ2) is 7.52. The van der Waals surface area contributed by atoms with Gasteiger partial charge in [-0.25, -0.2) is 0 Å². The number of rotatable bonds is 4. The lowest BCUT2D eigenvalue weighted by atomic mass is 9.76. The van der Waals surface area contributed by atoms with Crippen molar-refractivity contribution in [3.8, 4) is 0 Å². The van der Waals surface area contributed by atoms with Crippen LogP contribution in [0.3, 0.4) is 0 Å². The van der Waals surface area contributed by atoms with E-state index >= 15 is 0 Å². The van der Waals surface area contributed by atoms with Crippen LogP contribution in [0.2, 0.25) is 0 Å². The van der Waals surface area contributed by atoms with E-state index < -0.39 is 0 Å². The van der Waals surface area contributed by atoms with Crippen LogP contribution in [0.15, 0.2) is 29.0 Å².